The third kappa shape index (κ3) is 7.27. The first-order valence-electron chi connectivity index (χ1n) is 12.3. The van der Waals surface area contributed by atoms with Crippen molar-refractivity contribution in [1.82, 2.24) is 14.9 Å². The molecule has 0 atom stereocenters. The first kappa shape index (κ1) is 25.2. The molecule has 0 saturated carbocycles. The number of carbonyl (C=O) groups is 1. The van der Waals surface area contributed by atoms with Crippen LogP contribution in [0, 0.1) is 6.92 Å². The number of morpholine rings is 2. The highest BCUT2D eigenvalue weighted by Crippen LogP contribution is 2.23. The van der Waals surface area contributed by atoms with Gasteiger partial charge in [0.1, 0.15) is 12.4 Å². The quantitative estimate of drug-likeness (QED) is 0.590. The van der Waals surface area contributed by atoms with Crippen LogP contribution < -0.4 is 20.3 Å². The summed E-state index contributed by atoms with van der Waals surface area (Å²) in [6, 6.07) is 7.25. The number of nitrogens with one attached hydrogen (secondary N) is 2. The first-order chi connectivity index (χ1) is 17.0. The summed E-state index contributed by atoms with van der Waals surface area (Å²) >= 11 is 0. The second-order valence-corrected chi connectivity index (χ2v) is 9.10. The van der Waals surface area contributed by atoms with Gasteiger partial charge in [-0.1, -0.05) is 19.9 Å². The lowest BCUT2D eigenvalue weighted by Crippen LogP contribution is -2.39. The summed E-state index contributed by atoms with van der Waals surface area (Å²) < 4.78 is 16.8. The van der Waals surface area contributed by atoms with Crippen LogP contribution in [0.5, 0.6) is 5.88 Å². The summed E-state index contributed by atoms with van der Waals surface area (Å²) in [5, 5.41) is 5.74. The average molecular weight is 485 g/mol. The Morgan fingerprint density at radius 1 is 1.03 bits per heavy atom. The van der Waals surface area contributed by atoms with Crippen molar-refractivity contribution in [2.75, 3.05) is 81.3 Å². The summed E-state index contributed by atoms with van der Waals surface area (Å²) in [6.07, 6.45) is 0. The smallest absolute Gasteiger partial charge is 0.324 e. The molecule has 0 aliphatic carbocycles. The van der Waals surface area contributed by atoms with Gasteiger partial charge in [0.25, 0.3) is 0 Å². The van der Waals surface area contributed by atoms with Gasteiger partial charge < -0.3 is 24.4 Å². The van der Waals surface area contributed by atoms with Crippen LogP contribution in [0.15, 0.2) is 24.3 Å². The fourth-order valence-electron chi connectivity index (χ4n) is 4.24. The van der Waals surface area contributed by atoms with Crippen molar-refractivity contribution in [3.05, 3.63) is 35.4 Å². The van der Waals surface area contributed by atoms with Crippen LogP contribution in [0.3, 0.4) is 0 Å². The fourth-order valence-corrected chi connectivity index (χ4v) is 4.24. The molecule has 190 valence electrons. The number of carbonyl (C=O) groups excluding carboxylic acids is 1. The average Bonchev–Trinajstić information content (AvgIpc) is 2.85. The molecule has 2 aromatic rings. The number of rotatable bonds is 8. The van der Waals surface area contributed by atoms with E-state index in [4.69, 9.17) is 14.2 Å². The number of aryl methyl sites for hydroxylation is 1. The predicted molar refractivity (Wildman–Crippen MR) is 136 cm³/mol. The monoisotopic (exact) mass is 484 g/mol. The fraction of sp³-hybridized carbons (Fsp3) is 0.560. The number of amides is 2. The van der Waals surface area contributed by atoms with Crippen molar-refractivity contribution < 1.29 is 19.0 Å². The van der Waals surface area contributed by atoms with Crippen molar-refractivity contribution in [3.63, 3.8) is 0 Å². The molecule has 2 amide bonds. The maximum absolute atomic E-state index is 12.8. The summed E-state index contributed by atoms with van der Waals surface area (Å²) in [5.41, 5.74) is 3.14. The molecule has 0 radical (unpaired) electrons. The number of hydrogen-bond acceptors (Lipinski definition) is 8. The highest BCUT2D eigenvalue weighted by Gasteiger charge is 2.18. The van der Waals surface area contributed by atoms with Gasteiger partial charge in [-0.05, 0) is 36.1 Å². The molecule has 0 spiro atoms. The molecule has 2 fully saturated rings. The van der Waals surface area contributed by atoms with Gasteiger partial charge in [0.05, 0.1) is 26.4 Å². The van der Waals surface area contributed by atoms with E-state index in [1.807, 2.05) is 17.0 Å². The van der Waals surface area contributed by atoms with Crippen molar-refractivity contribution in [1.29, 1.82) is 0 Å². The Labute approximate surface area is 207 Å². The van der Waals surface area contributed by atoms with Crippen molar-refractivity contribution in [2.24, 2.45) is 0 Å². The molecule has 2 aliphatic heterocycles. The third-order valence-electron chi connectivity index (χ3n) is 6.14. The SMILES string of the molecule is Cc1cc(NC(=O)Nc2cc(OCCN3CCOCC3)nc(N3CCOCC3)n2)ccc1C(C)C. The Hall–Kier alpha value is -2.95. The second-order valence-electron chi connectivity index (χ2n) is 9.10. The van der Waals surface area contributed by atoms with Gasteiger partial charge in [-0.15, -0.1) is 0 Å². The van der Waals surface area contributed by atoms with Crippen molar-refractivity contribution in [3.8, 4) is 5.88 Å². The number of benzene rings is 1. The first-order valence-corrected chi connectivity index (χ1v) is 12.3. The minimum Gasteiger partial charge on any atom is -0.476 e. The zero-order valence-corrected chi connectivity index (χ0v) is 20.9. The largest absolute Gasteiger partial charge is 0.476 e. The van der Waals surface area contributed by atoms with E-state index in [-0.39, 0.29) is 6.03 Å². The molecule has 0 bridgehead atoms. The Bertz CT molecular complexity index is 990. The van der Waals surface area contributed by atoms with Gasteiger partial charge in [0, 0.05) is 44.5 Å². The summed E-state index contributed by atoms with van der Waals surface area (Å²) in [7, 11) is 0. The highest BCUT2D eigenvalue weighted by molar-refractivity contribution is 5.99. The lowest BCUT2D eigenvalue weighted by molar-refractivity contribution is 0.0320. The van der Waals surface area contributed by atoms with Crippen LogP contribution in [0.4, 0.5) is 22.2 Å². The van der Waals surface area contributed by atoms with E-state index in [0.717, 1.165) is 44.1 Å². The lowest BCUT2D eigenvalue weighted by atomic mass is 9.98. The van der Waals surface area contributed by atoms with Crippen molar-refractivity contribution >= 4 is 23.5 Å². The normalized spacial score (nSPS) is 16.9. The van der Waals surface area contributed by atoms with E-state index in [1.54, 1.807) is 6.07 Å². The Balaban J connectivity index is 1.43. The molecule has 10 heteroatoms. The Morgan fingerprint density at radius 2 is 1.74 bits per heavy atom. The summed E-state index contributed by atoms with van der Waals surface area (Å²) in [5.74, 6) is 1.77. The molecule has 2 N–H and O–H groups in total. The van der Waals surface area contributed by atoms with Gasteiger partial charge in [-0.3, -0.25) is 10.2 Å². The molecule has 2 saturated heterocycles. The van der Waals surface area contributed by atoms with Crippen LogP contribution >= 0.6 is 0 Å². The van der Waals surface area contributed by atoms with Crippen LogP contribution in [0.1, 0.15) is 30.9 Å². The standard InChI is InChI=1S/C25H36N6O4/c1-18(2)21-5-4-20(16-19(21)3)26-25(32)28-22-17-23(35-15-8-30-6-11-33-12-7-30)29-24(27-22)31-9-13-34-14-10-31/h4-5,16-18H,6-15H2,1-3H3,(H2,26,27,28,29,32). The van der Waals surface area contributed by atoms with Gasteiger partial charge in [-0.25, -0.2) is 4.79 Å². The molecule has 35 heavy (non-hydrogen) atoms. The number of anilines is 3. The van der Waals surface area contributed by atoms with E-state index < -0.39 is 0 Å². The number of aromatic nitrogens is 2. The van der Waals surface area contributed by atoms with Gasteiger partial charge in [0.2, 0.25) is 11.8 Å². The van der Waals surface area contributed by atoms with E-state index >= 15 is 0 Å². The van der Waals surface area contributed by atoms with Gasteiger partial charge >= 0.3 is 6.03 Å². The molecular formula is C25H36N6O4. The molecule has 0 unspecified atom stereocenters. The Morgan fingerprint density at radius 3 is 2.43 bits per heavy atom. The second kappa shape index (κ2) is 12.1. The van der Waals surface area contributed by atoms with Crippen LogP contribution in [-0.4, -0.2) is 86.7 Å². The van der Waals surface area contributed by atoms with Crippen LogP contribution in [-0.2, 0) is 9.47 Å². The summed E-state index contributed by atoms with van der Waals surface area (Å²) in [4.78, 5) is 26.3. The maximum Gasteiger partial charge on any atom is 0.324 e. The predicted octanol–water partition coefficient (Wildman–Crippen LogP) is 3.10. The minimum absolute atomic E-state index is 0.368. The lowest BCUT2D eigenvalue weighted by Gasteiger charge is -2.28. The zero-order chi connectivity index (χ0) is 24.6. The number of hydrogen-bond donors (Lipinski definition) is 2. The van der Waals surface area contributed by atoms with E-state index in [1.165, 1.54) is 5.56 Å². The van der Waals surface area contributed by atoms with Crippen LogP contribution in [0.25, 0.3) is 0 Å². The minimum atomic E-state index is -0.368. The molecule has 3 heterocycles. The van der Waals surface area contributed by atoms with Gasteiger partial charge in [-0.2, -0.15) is 9.97 Å². The number of urea groups is 1. The third-order valence-corrected chi connectivity index (χ3v) is 6.14. The molecular weight excluding hydrogens is 448 g/mol. The maximum atomic E-state index is 12.8. The zero-order valence-electron chi connectivity index (χ0n) is 20.9. The molecule has 2 aliphatic rings. The summed E-state index contributed by atoms with van der Waals surface area (Å²) in [6.45, 7) is 13.5. The Kier molecular flexibility index (Phi) is 8.73. The van der Waals surface area contributed by atoms with Gasteiger partial charge in [0.15, 0.2) is 0 Å². The molecule has 1 aromatic carbocycles. The van der Waals surface area contributed by atoms with E-state index in [0.29, 0.717) is 56.5 Å². The highest BCUT2D eigenvalue weighted by atomic mass is 16.5. The van der Waals surface area contributed by atoms with Crippen LogP contribution in [0.2, 0.25) is 0 Å². The van der Waals surface area contributed by atoms with Crippen molar-refractivity contribution in [2.45, 2.75) is 26.7 Å². The molecule has 4 rings (SSSR count). The topological polar surface area (TPSA) is 101 Å². The number of nitrogens with zero attached hydrogens (tertiary/aromatic N) is 4. The number of ether oxygens (including phenoxy) is 3. The molecule has 10 nitrogen and oxygen atoms in total. The van der Waals surface area contributed by atoms with E-state index in [9.17, 15) is 4.79 Å². The molecule has 1 aromatic heterocycles. The van der Waals surface area contributed by atoms with E-state index in [2.05, 4.69) is 52.3 Å².